The third-order valence-corrected chi connectivity index (χ3v) is 2.80. The Morgan fingerprint density at radius 3 is 2.12 bits per heavy atom. The number of rotatable bonds is 10. The lowest BCUT2D eigenvalue weighted by Gasteiger charge is -2.27. The number of carboxylic acids is 2. The zero-order valence-electron chi connectivity index (χ0n) is 13.9. The van der Waals surface area contributed by atoms with Gasteiger partial charge < -0.3 is 30.3 Å². The number of nitrogens with one attached hydrogen (secondary N) is 1. The second-order valence-electron chi connectivity index (χ2n) is 5.50. The molecule has 4 N–H and O–H groups in total. The number of aliphatic hydroxyl groups excluding tert-OH is 1. The highest BCUT2D eigenvalue weighted by Gasteiger charge is 2.28. The number of nitrogens with zero attached hydrogens (tertiary/aromatic N) is 1. The molecule has 24 heavy (non-hydrogen) atoms. The number of carbonyl (C=O) groups excluding carboxylic acids is 2. The van der Waals surface area contributed by atoms with Gasteiger partial charge in [-0.3, -0.25) is 4.79 Å². The summed E-state index contributed by atoms with van der Waals surface area (Å²) in [4.78, 5) is 46.4. The first-order valence-corrected chi connectivity index (χ1v) is 7.43. The summed E-state index contributed by atoms with van der Waals surface area (Å²) in [7, 11) is 0. The quantitative estimate of drug-likeness (QED) is 0.386. The van der Waals surface area contributed by atoms with E-state index in [9.17, 15) is 24.3 Å². The van der Waals surface area contributed by atoms with Crippen LogP contribution in [-0.4, -0.2) is 76.0 Å². The van der Waals surface area contributed by atoms with Gasteiger partial charge in [0.05, 0.1) is 19.6 Å². The summed E-state index contributed by atoms with van der Waals surface area (Å²) in [5.74, 6) is -3.82. The molecule has 0 aliphatic carbocycles. The first kappa shape index (κ1) is 21.6. The maximum absolute atomic E-state index is 12.2. The van der Waals surface area contributed by atoms with E-state index in [4.69, 9.17) is 10.2 Å². The molecule has 138 valence electrons. The normalized spacial score (nSPS) is 13.0. The summed E-state index contributed by atoms with van der Waals surface area (Å²) in [6, 6.07) is -2.51. The van der Waals surface area contributed by atoms with Crippen molar-refractivity contribution in [3.63, 3.8) is 0 Å². The van der Waals surface area contributed by atoms with Crippen LogP contribution in [0.3, 0.4) is 0 Å². The number of urea groups is 1. The van der Waals surface area contributed by atoms with Gasteiger partial charge in [-0.05, 0) is 12.8 Å². The molecule has 0 aliphatic rings. The Hall–Kier alpha value is -2.36. The Morgan fingerprint density at radius 1 is 1.12 bits per heavy atom. The van der Waals surface area contributed by atoms with Gasteiger partial charge in [0.1, 0.15) is 6.04 Å². The van der Waals surface area contributed by atoms with E-state index in [1.54, 1.807) is 20.8 Å². The van der Waals surface area contributed by atoms with Gasteiger partial charge in [0, 0.05) is 6.54 Å². The molecule has 0 aliphatic heterocycles. The van der Waals surface area contributed by atoms with Crippen LogP contribution < -0.4 is 5.32 Å². The minimum absolute atomic E-state index is 0.0344. The first-order valence-electron chi connectivity index (χ1n) is 7.43. The van der Waals surface area contributed by atoms with Crippen molar-refractivity contribution in [2.24, 2.45) is 5.92 Å². The van der Waals surface area contributed by atoms with Crippen LogP contribution >= 0.6 is 0 Å². The number of hydrogen-bond acceptors (Lipinski definition) is 6. The largest absolute Gasteiger partial charge is 0.481 e. The number of carboxylic acid groups (broad SMARTS) is 2. The van der Waals surface area contributed by atoms with E-state index < -0.39 is 49.1 Å². The van der Waals surface area contributed by atoms with Crippen molar-refractivity contribution in [2.45, 2.75) is 39.3 Å². The lowest BCUT2D eigenvalue weighted by atomic mass is 10.2. The molecule has 2 atom stereocenters. The van der Waals surface area contributed by atoms with Crippen molar-refractivity contribution in [3.05, 3.63) is 0 Å². The molecular formula is C14H24N2O8. The average Bonchev–Trinajstić information content (AvgIpc) is 2.44. The van der Waals surface area contributed by atoms with Crippen LogP contribution in [-0.2, 0) is 19.1 Å². The molecule has 0 heterocycles. The summed E-state index contributed by atoms with van der Waals surface area (Å²) in [6.07, 6.45) is -2.38. The molecule has 0 aromatic rings. The second kappa shape index (κ2) is 10.4. The van der Waals surface area contributed by atoms with Gasteiger partial charge in [0.2, 0.25) is 0 Å². The van der Waals surface area contributed by atoms with Crippen molar-refractivity contribution in [1.29, 1.82) is 0 Å². The fourth-order valence-corrected chi connectivity index (χ4v) is 1.82. The Morgan fingerprint density at radius 2 is 1.71 bits per heavy atom. The highest BCUT2D eigenvalue weighted by molar-refractivity contribution is 5.86. The number of aliphatic carboxylic acids is 2. The predicted octanol–water partition coefficient (Wildman–Crippen LogP) is -0.494. The van der Waals surface area contributed by atoms with Gasteiger partial charge >= 0.3 is 23.9 Å². The van der Waals surface area contributed by atoms with E-state index in [2.05, 4.69) is 10.1 Å². The van der Waals surface area contributed by atoms with E-state index >= 15 is 0 Å². The van der Waals surface area contributed by atoms with Crippen LogP contribution in [0.4, 0.5) is 4.79 Å². The average molecular weight is 348 g/mol. The van der Waals surface area contributed by atoms with Crippen LogP contribution in [0.2, 0.25) is 0 Å². The van der Waals surface area contributed by atoms with Gasteiger partial charge in [-0.2, -0.15) is 0 Å². The molecule has 0 radical (unpaired) electrons. The maximum Gasteiger partial charge on any atom is 0.336 e. The summed E-state index contributed by atoms with van der Waals surface area (Å²) in [5, 5.41) is 29.5. The Bertz CT molecular complexity index is 466. The second-order valence-corrected chi connectivity index (χ2v) is 5.50. The lowest BCUT2D eigenvalue weighted by Crippen LogP contribution is -2.52. The Kier molecular flexibility index (Phi) is 9.40. The molecule has 0 bridgehead atoms. The van der Waals surface area contributed by atoms with Crippen molar-refractivity contribution in [1.82, 2.24) is 10.2 Å². The minimum atomic E-state index is -1.62. The third-order valence-electron chi connectivity index (χ3n) is 2.80. The first-order chi connectivity index (χ1) is 11.1. The van der Waals surface area contributed by atoms with Gasteiger partial charge in [-0.25, -0.2) is 14.4 Å². The molecular weight excluding hydrogens is 324 g/mol. The van der Waals surface area contributed by atoms with Gasteiger partial charge in [-0.1, -0.05) is 13.8 Å². The van der Waals surface area contributed by atoms with Crippen LogP contribution in [0.25, 0.3) is 0 Å². The summed E-state index contributed by atoms with van der Waals surface area (Å²) >= 11 is 0. The van der Waals surface area contributed by atoms with Gasteiger partial charge in [0.25, 0.3) is 0 Å². The number of amides is 2. The highest BCUT2D eigenvalue weighted by Crippen LogP contribution is 2.04. The lowest BCUT2D eigenvalue weighted by molar-refractivity contribution is -0.153. The van der Waals surface area contributed by atoms with E-state index in [1.165, 1.54) is 0 Å². The minimum Gasteiger partial charge on any atom is -0.481 e. The molecule has 0 aromatic carbocycles. The van der Waals surface area contributed by atoms with Crippen molar-refractivity contribution < 1.29 is 39.2 Å². The fraction of sp³-hybridized carbons (Fsp3) is 0.714. The van der Waals surface area contributed by atoms with Crippen LogP contribution in [0.1, 0.15) is 27.2 Å². The van der Waals surface area contributed by atoms with Gasteiger partial charge in [0.15, 0.2) is 6.10 Å². The summed E-state index contributed by atoms with van der Waals surface area (Å²) in [5.41, 5.74) is 0. The Labute approximate surface area is 139 Å². The summed E-state index contributed by atoms with van der Waals surface area (Å²) in [6.45, 7) is 4.91. The topological polar surface area (TPSA) is 153 Å². The molecule has 0 spiro atoms. The molecule has 2 amide bonds. The van der Waals surface area contributed by atoms with Gasteiger partial charge in [-0.15, -0.1) is 0 Å². The molecule has 0 saturated heterocycles. The van der Waals surface area contributed by atoms with E-state index in [1.807, 2.05) is 0 Å². The van der Waals surface area contributed by atoms with E-state index in [-0.39, 0.29) is 19.1 Å². The summed E-state index contributed by atoms with van der Waals surface area (Å²) < 4.78 is 4.64. The van der Waals surface area contributed by atoms with Crippen LogP contribution in [0.15, 0.2) is 0 Å². The van der Waals surface area contributed by atoms with E-state index in [0.717, 1.165) is 4.90 Å². The van der Waals surface area contributed by atoms with Crippen molar-refractivity contribution in [2.75, 3.05) is 19.7 Å². The van der Waals surface area contributed by atoms with Crippen LogP contribution in [0.5, 0.6) is 0 Å². The molecule has 10 nitrogen and oxygen atoms in total. The molecule has 10 heteroatoms. The number of aliphatic hydroxyl groups is 1. The SMILES string of the molecule is CCOC(=O)[C@@H](O)CN(CC(C)C)C(=O)N[C@@H](CC(=O)O)C(=O)O. The number of carbonyl (C=O) groups is 4. The molecule has 0 saturated carbocycles. The number of ether oxygens (including phenoxy) is 1. The smallest absolute Gasteiger partial charge is 0.336 e. The Balaban J connectivity index is 5.01. The monoisotopic (exact) mass is 348 g/mol. The van der Waals surface area contributed by atoms with Crippen molar-refractivity contribution >= 4 is 23.9 Å². The van der Waals surface area contributed by atoms with Crippen molar-refractivity contribution in [3.8, 4) is 0 Å². The number of esters is 1. The van der Waals surface area contributed by atoms with E-state index in [0.29, 0.717) is 0 Å². The standard InChI is InChI=1S/C14H24N2O8/c1-4-24-13(22)10(17)7-16(6-8(2)3)14(23)15-9(12(20)21)5-11(18)19/h8-10,17H,4-7H2,1-3H3,(H,15,23)(H,18,19)(H,20,21)/t9-,10-/m0/s1. The maximum atomic E-state index is 12.2. The molecule has 0 fully saturated rings. The zero-order chi connectivity index (χ0) is 18.9. The molecule has 0 rings (SSSR count). The molecule has 0 aromatic heterocycles. The third kappa shape index (κ3) is 8.32. The predicted molar refractivity (Wildman–Crippen MR) is 81.3 cm³/mol. The fourth-order valence-electron chi connectivity index (χ4n) is 1.82. The molecule has 0 unspecified atom stereocenters. The van der Waals surface area contributed by atoms with Crippen LogP contribution in [0, 0.1) is 5.92 Å². The highest BCUT2D eigenvalue weighted by atomic mass is 16.5. The number of hydrogen-bond donors (Lipinski definition) is 4. The zero-order valence-corrected chi connectivity index (χ0v) is 13.9.